The molecular formula is C16H17BrN2OS. The molecule has 0 spiro atoms. The summed E-state index contributed by atoms with van der Waals surface area (Å²) in [4.78, 5) is 13.0. The van der Waals surface area contributed by atoms with E-state index in [1.54, 1.807) is 0 Å². The van der Waals surface area contributed by atoms with Crippen LogP contribution in [0.4, 0.5) is 5.69 Å². The van der Waals surface area contributed by atoms with Crippen molar-refractivity contribution in [3.63, 3.8) is 0 Å². The maximum atomic E-state index is 11.9. The Balaban J connectivity index is 1.90. The molecule has 0 bridgehead atoms. The highest BCUT2D eigenvalue weighted by Crippen LogP contribution is 2.22. The summed E-state index contributed by atoms with van der Waals surface area (Å²) in [5.74, 6) is 0.346. The normalized spacial score (nSPS) is 12.0. The van der Waals surface area contributed by atoms with Crippen LogP contribution in [-0.4, -0.2) is 11.7 Å². The van der Waals surface area contributed by atoms with E-state index in [1.165, 1.54) is 11.8 Å². The highest BCUT2D eigenvalue weighted by molar-refractivity contribution is 9.10. The number of nitrogens with one attached hydrogen (secondary N) is 1. The lowest BCUT2D eigenvalue weighted by Crippen LogP contribution is -2.13. The molecule has 0 saturated carbocycles. The van der Waals surface area contributed by atoms with Gasteiger partial charge in [0, 0.05) is 21.1 Å². The molecule has 1 unspecified atom stereocenters. The van der Waals surface area contributed by atoms with Crippen LogP contribution >= 0.6 is 27.7 Å². The lowest BCUT2D eigenvalue weighted by Gasteiger charge is -2.08. The largest absolute Gasteiger partial charge is 0.325 e. The van der Waals surface area contributed by atoms with Crippen LogP contribution in [0, 0.1) is 0 Å². The minimum atomic E-state index is -0.0238. The number of thioether (sulfide) groups is 1. The van der Waals surface area contributed by atoms with Gasteiger partial charge in [-0.2, -0.15) is 0 Å². The Morgan fingerprint density at radius 2 is 2.05 bits per heavy atom. The van der Waals surface area contributed by atoms with Gasteiger partial charge in [-0.15, -0.1) is 11.8 Å². The van der Waals surface area contributed by atoms with E-state index in [0.29, 0.717) is 5.75 Å². The van der Waals surface area contributed by atoms with Crippen LogP contribution in [-0.2, 0) is 4.79 Å². The Hall–Kier alpha value is -1.30. The third kappa shape index (κ3) is 5.19. The summed E-state index contributed by atoms with van der Waals surface area (Å²) in [6.07, 6.45) is 0. The molecule has 0 aliphatic carbocycles. The Morgan fingerprint density at radius 3 is 2.76 bits per heavy atom. The molecule has 2 aromatic rings. The molecule has 2 rings (SSSR count). The van der Waals surface area contributed by atoms with Crippen molar-refractivity contribution >= 4 is 39.3 Å². The average molecular weight is 365 g/mol. The van der Waals surface area contributed by atoms with Crippen molar-refractivity contribution < 1.29 is 4.79 Å². The fourth-order valence-corrected chi connectivity index (χ4v) is 2.96. The summed E-state index contributed by atoms with van der Waals surface area (Å²) in [6, 6.07) is 15.5. The van der Waals surface area contributed by atoms with Gasteiger partial charge in [0.15, 0.2) is 0 Å². The van der Waals surface area contributed by atoms with E-state index >= 15 is 0 Å². The van der Waals surface area contributed by atoms with Gasteiger partial charge in [-0.25, -0.2) is 0 Å². The number of nitrogens with two attached hydrogens (primary N) is 1. The first-order valence-electron chi connectivity index (χ1n) is 6.58. The number of halogens is 1. The van der Waals surface area contributed by atoms with Crippen LogP contribution in [0.1, 0.15) is 18.5 Å². The molecule has 1 amide bonds. The summed E-state index contributed by atoms with van der Waals surface area (Å²) in [7, 11) is 0. The van der Waals surface area contributed by atoms with Gasteiger partial charge >= 0.3 is 0 Å². The second kappa shape index (κ2) is 7.64. The monoisotopic (exact) mass is 364 g/mol. The first kappa shape index (κ1) is 16.1. The highest BCUT2D eigenvalue weighted by Gasteiger charge is 2.06. The van der Waals surface area contributed by atoms with E-state index in [-0.39, 0.29) is 11.9 Å². The van der Waals surface area contributed by atoms with Crippen molar-refractivity contribution in [2.24, 2.45) is 5.73 Å². The Labute approximate surface area is 137 Å². The summed E-state index contributed by atoms with van der Waals surface area (Å²) in [5, 5.41) is 2.88. The molecule has 0 radical (unpaired) electrons. The topological polar surface area (TPSA) is 55.1 Å². The van der Waals surface area contributed by atoms with E-state index in [1.807, 2.05) is 55.5 Å². The molecule has 0 heterocycles. The molecule has 1 atom stereocenters. The van der Waals surface area contributed by atoms with E-state index in [0.717, 1.165) is 20.6 Å². The standard InChI is InChI=1S/C16H17BrN2OS/c1-11(18)12-4-2-7-15(8-12)21-10-16(20)19-14-6-3-5-13(17)9-14/h2-9,11H,10,18H2,1H3,(H,19,20). The molecule has 2 aromatic carbocycles. The van der Waals surface area contributed by atoms with Gasteiger partial charge < -0.3 is 11.1 Å². The van der Waals surface area contributed by atoms with Crippen molar-refractivity contribution in [1.82, 2.24) is 0 Å². The van der Waals surface area contributed by atoms with Crippen LogP contribution < -0.4 is 11.1 Å². The van der Waals surface area contributed by atoms with Crippen molar-refractivity contribution in [2.45, 2.75) is 17.9 Å². The van der Waals surface area contributed by atoms with Crippen molar-refractivity contribution in [2.75, 3.05) is 11.1 Å². The van der Waals surface area contributed by atoms with E-state index in [2.05, 4.69) is 21.2 Å². The summed E-state index contributed by atoms with van der Waals surface area (Å²) in [5.41, 5.74) is 7.73. The number of amides is 1. The molecule has 0 aromatic heterocycles. The van der Waals surface area contributed by atoms with Crippen LogP contribution in [0.5, 0.6) is 0 Å². The van der Waals surface area contributed by atoms with Gasteiger partial charge in [-0.3, -0.25) is 4.79 Å². The van der Waals surface area contributed by atoms with E-state index in [4.69, 9.17) is 5.73 Å². The first-order chi connectivity index (χ1) is 10.0. The average Bonchev–Trinajstić information content (AvgIpc) is 2.45. The Morgan fingerprint density at radius 1 is 1.29 bits per heavy atom. The van der Waals surface area contributed by atoms with Crippen molar-refractivity contribution in [3.8, 4) is 0 Å². The quantitative estimate of drug-likeness (QED) is 0.781. The maximum Gasteiger partial charge on any atom is 0.234 e. The fraction of sp³-hybridized carbons (Fsp3) is 0.188. The Bertz CT molecular complexity index is 631. The molecule has 3 nitrogen and oxygen atoms in total. The van der Waals surface area contributed by atoms with Gasteiger partial charge in [-0.05, 0) is 42.8 Å². The van der Waals surface area contributed by atoms with E-state index in [9.17, 15) is 4.79 Å². The van der Waals surface area contributed by atoms with Crippen LogP contribution in [0.15, 0.2) is 57.9 Å². The van der Waals surface area contributed by atoms with Crippen LogP contribution in [0.25, 0.3) is 0 Å². The number of hydrogen-bond acceptors (Lipinski definition) is 3. The van der Waals surface area contributed by atoms with Gasteiger partial charge in [0.1, 0.15) is 0 Å². The zero-order valence-corrected chi connectivity index (χ0v) is 14.1. The summed E-state index contributed by atoms with van der Waals surface area (Å²) < 4.78 is 0.942. The maximum absolute atomic E-state index is 11.9. The predicted molar refractivity (Wildman–Crippen MR) is 92.5 cm³/mol. The SMILES string of the molecule is CC(N)c1cccc(SCC(=O)Nc2cccc(Br)c2)c1. The third-order valence-corrected chi connectivity index (χ3v) is 4.35. The van der Waals surface area contributed by atoms with Gasteiger partial charge in [0.25, 0.3) is 0 Å². The summed E-state index contributed by atoms with van der Waals surface area (Å²) >= 11 is 4.89. The number of carbonyl (C=O) groups excluding carboxylic acids is 1. The molecule has 21 heavy (non-hydrogen) atoms. The molecule has 0 aliphatic heterocycles. The summed E-state index contributed by atoms with van der Waals surface area (Å²) in [6.45, 7) is 1.95. The van der Waals surface area contributed by atoms with Crippen molar-refractivity contribution in [3.05, 3.63) is 58.6 Å². The minimum Gasteiger partial charge on any atom is -0.325 e. The highest BCUT2D eigenvalue weighted by atomic mass is 79.9. The lowest BCUT2D eigenvalue weighted by molar-refractivity contribution is -0.113. The van der Waals surface area contributed by atoms with E-state index < -0.39 is 0 Å². The van der Waals surface area contributed by atoms with Crippen LogP contribution in [0.3, 0.4) is 0 Å². The van der Waals surface area contributed by atoms with Crippen molar-refractivity contribution in [1.29, 1.82) is 0 Å². The third-order valence-electron chi connectivity index (χ3n) is 2.86. The number of carbonyl (C=O) groups is 1. The molecular weight excluding hydrogens is 348 g/mol. The van der Waals surface area contributed by atoms with Crippen LogP contribution in [0.2, 0.25) is 0 Å². The molecule has 0 saturated heterocycles. The number of rotatable bonds is 5. The number of anilines is 1. The zero-order chi connectivity index (χ0) is 15.2. The molecule has 0 aliphatic rings. The lowest BCUT2D eigenvalue weighted by atomic mass is 10.1. The predicted octanol–water partition coefficient (Wildman–Crippen LogP) is 4.20. The molecule has 3 N–H and O–H groups in total. The number of benzene rings is 2. The second-order valence-electron chi connectivity index (χ2n) is 4.71. The zero-order valence-electron chi connectivity index (χ0n) is 11.7. The van der Waals surface area contributed by atoms with Gasteiger partial charge in [0.2, 0.25) is 5.91 Å². The molecule has 110 valence electrons. The first-order valence-corrected chi connectivity index (χ1v) is 8.36. The second-order valence-corrected chi connectivity index (χ2v) is 6.67. The smallest absolute Gasteiger partial charge is 0.234 e. The fourth-order valence-electron chi connectivity index (χ4n) is 1.80. The minimum absolute atomic E-state index is 0.000968. The van der Waals surface area contributed by atoms with Gasteiger partial charge in [0.05, 0.1) is 5.75 Å². The number of hydrogen-bond donors (Lipinski definition) is 2. The molecule has 5 heteroatoms. The van der Waals surface area contributed by atoms with Gasteiger partial charge in [-0.1, -0.05) is 34.1 Å². The molecule has 0 fully saturated rings. The Kier molecular flexibility index (Phi) is 5.85.